The molecule has 0 spiro atoms. The first kappa shape index (κ1) is 13.8. The maximum absolute atomic E-state index is 10.9. The molecule has 2 rings (SSSR count). The van der Waals surface area contributed by atoms with Crippen molar-refractivity contribution in [1.82, 2.24) is 15.2 Å². The first-order valence-electron chi connectivity index (χ1n) is 6.31. The lowest BCUT2D eigenvalue weighted by atomic mass is 9.95. The number of rotatable bonds is 5. The monoisotopic (exact) mass is 265 g/mol. The molecule has 1 aliphatic rings. The van der Waals surface area contributed by atoms with E-state index in [0.29, 0.717) is 13.2 Å². The average molecular weight is 265 g/mol. The zero-order chi connectivity index (χ0) is 13.7. The number of likely N-dealkylation sites (tertiary alicyclic amines) is 1. The number of nitrogens with zero attached hydrogens (tertiary/aromatic N) is 2. The van der Waals surface area contributed by atoms with Crippen molar-refractivity contribution in [3.8, 4) is 0 Å². The van der Waals surface area contributed by atoms with E-state index in [1.807, 2.05) is 12.1 Å². The molecule has 1 saturated heterocycles. The maximum Gasteiger partial charge on any atom is 0.404 e. The van der Waals surface area contributed by atoms with Gasteiger partial charge >= 0.3 is 6.09 Å². The smallest absolute Gasteiger partial charge is 0.404 e. The lowest BCUT2D eigenvalue weighted by Gasteiger charge is -2.18. The zero-order valence-electron chi connectivity index (χ0n) is 11.0. The first-order valence-corrected chi connectivity index (χ1v) is 6.31. The van der Waals surface area contributed by atoms with Crippen LogP contribution in [0.1, 0.15) is 11.5 Å². The molecule has 1 aliphatic heterocycles. The Morgan fingerprint density at radius 3 is 2.89 bits per heavy atom. The normalized spacial score (nSPS) is 23.4. The molecule has 2 heterocycles. The molecule has 1 aromatic rings. The molecule has 6 heteroatoms. The fourth-order valence-corrected chi connectivity index (χ4v) is 2.54. The van der Waals surface area contributed by atoms with Crippen LogP contribution in [-0.4, -0.2) is 60.5 Å². The van der Waals surface area contributed by atoms with Crippen molar-refractivity contribution >= 4 is 6.09 Å². The van der Waals surface area contributed by atoms with Crippen LogP contribution in [-0.2, 0) is 4.74 Å². The number of ether oxygens (including phenoxy) is 1. The SMILES string of the molecule is COCCN1C[C@@H](NC(=O)O)[C@H](c2ccncc2)C1. The van der Waals surface area contributed by atoms with Crippen molar-refractivity contribution < 1.29 is 14.6 Å². The highest BCUT2D eigenvalue weighted by Crippen LogP contribution is 2.27. The molecule has 1 fully saturated rings. The standard InChI is InChI=1S/C13H19N3O3/c1-19-7-6-16-8-11(10-2-4-14-5-3-10)12(9-16)15-13(17)18/h2-5,11-12,15H,6-9H2,1H3,(H,17,18)/t11-,12+/m0/s1. The Balaban J connectivity index is 2.07. The maximum atomic E-state index is 10.9. The van der Waals surface area contributed by atoms with Gasteiger partial charge in [-0.1, -0.05) is 0 Å². The Kier molecular flexibility index (Phi) is 4.70. The Labute approximate surface area is 112 Å². The summed E-state index contributed by atoms with van der Waals surface area (Å²) in [6, 6.07) is 3.80. The van der Waals surface area contributed by atoms with Gasteiger partial charge in [0, 0.05) is 45.1 Å². The highest BCUT2D eigenvalue weighted by molar-refractivity contribution is 5.65. The molecule has 6 nitrogen and oxygen atoms in total. The summed E-state index contributed by atoms with van der Waals surface area (Å²) in [5.41, 5.74) is 1.12. The molecule has 0 radical (unpaired) electrons. The van der Waals surface area contributed by atoms with Gasteiger partial charge in [-0.2, -0.15) is 0 Å². The van der Waals surface area contributed by atoms with Crippen molar-refractivity contribution in [2.75, 3.05) is 33.4 Å². The largest absolute Gasteiger partial charge is 0.465 e. The minimum Gasteiger partial charge on any atom is -0.465 e. The van der Waals surface area contributed by atoms with Gasteiger partial charge in [-0.05, 0) is 17.7 Å². The summed E-state index contributed by atoms with van der Waals surface area (Å²) in [7, 11) is 1.67. The van der Waals surface area contributed by atoms with E-state index in [1.54, 1.807) is 19.5 Å². The van der Waals surface area contributed by atoms with E-state index in [2.05, 4.69) is 15.2 Å². The van der Waals surface area contributed by atoms with Crippen LogP contribution in [0.15, 0.2) is 24.5 Å². The van der Waals surface area contributed by atoms with Gasteiger partial charge in [0.2, 0.25) is 0 Å². The van der Waals surface area contributed by atoms with Crippen LogP contribution < -0.4 is 5.32 Å². The van der Waals surface area contributed by atoms with Gasteiger partial charge in [0.1, 0.15) is 0 Å². The summed E-state index contributed by atoms with van der Waals surface area (Å²) in [5.74, 6) is 0.163. The van der Waals surface area contributed by atoms with E-state index in [-0.39, 0.29) is 12.0 Å². The van der Waals surface area contributed by atoms with Crippen LogP contribution in [0.25, 0.3) is 0 Å². The van der Waals surface area contributed by atoms with Crippen molar-refractivity contribution in [3.63, 3.8) is 0 Å². The van der Waals surface area contributed by atoms with Gasteiger partial charge in [-0.25, -0.2) is 4.79 Å². The van der Waals surface area contributed by atoms with Gasteiger partial charge in [0.25, 0.3) is 0 Å². The third-order valence-electron chi connectivity index (χ3n) is 3.45. The number of hydrogen-bond donors (Lipinski definition) is 2. The third kappa shape index (κ3) is 3.65. The van der Waals surface area contributed by atoms with Gasteiger partial charge in [0.05, 0.1) is 12.6 Å². The second-order valence-corrected chi connectivity index (χ2v) is 4.70. The van der Waals surface area contributed by atoms with Crippen LogP contribution in [0.5, 0.6) is 0 Å². The van der Waals surface area contributed by atoms with E-state index in [1.165, 1.54) is 0 Å². The molecule has 1 aromatic heterocycles. The second kappa shape index (κ2) is 6.49. The van der Waals surface area contributed by atoms with Crippen molar-refractivity contribution in [2.45, 2.75) is 12.0 Å². The van der Waals surface area contributed by atoms with E-state index < -0.39 is 6.09 Å². The molecule has 2 atom stereocenters. The quantitative estimate of drug-likeness (QED) is 0.822. The minimum absolute atomic E-state index is 0.0863. The van der Waals surface area contributed by atoms with E-state index >= 15 is 0 Å². The van der Waals surface area contributed by atoms with Crippen molar-refractivity contribution in [3.05, 3.63) is 30.1 Å². The molecule has 1 amide bonds. The van der Waals surface area contributed by atoms with Crippen molar-refractivity contribution in [2.24, 2.45) is 0 Å². The molecule has 104 valence electrons. The number of methoxy groups -OCH3 is 1. The van der Waals surface area contributed by atoms with Crippen LogP contribution in [0.2, 0.25) is 0 Å². The average Bonchev–Trinajstić information content (AvgIpc) is 2.79. The summed E-state index contributed by atoms with van der Waals surface area (Å²) in [6.07, 6.45) is 2.51. The zero-order valence-corrected chi connectivity index (χ0v) is 11.0. The van der Waals surface area contributed by atoms with E-state index in [4.69, 9.17) is 9.84 Å². The summed E-state index contributed by atoms with van der Waals surface area (Å²) < 4.78 is 5.07. The molecule has 2 N–H and O–H groups in total. The Hall–Kier alpha value is -1.66. The Bertz CT molecular complexity index is 413. The number of carbonyl (C=O) groups is 1. The molecule has 0 bridgehead atoms. The molecule has 0 aliphatic carbocycles. The van der Waals surface area contributed by atoms with Crippen LogP contribution in [0.3, 0.4) is 0 Å². The first-order chi connectivity index (χ1) is 9.20. The number of hydrogen-bond acceptors (Lipinski definition) is 4. The number of aromatic nitrogens is 1. The van der Waals surface area contributed by atoms with Crippen LogP contribution in [0, 0.1) is 0 Å². The highest BCUT2D eigenvalue weighted by Gasteiger charge is 2.34. The fourth-order valence-electron chi connectivity index (χ4n) is 2.54. The molecule has 0 aromatic carbocycles. The molecular weight excluding hydrogens is 246 g/mol. The Morgan fingerprint density at radius 1 is 1.53 bits per heavy atom. The lowest BCUT2D eigenvalue weighted by Crippen LogP contribution is -2.39. The predicted molar refractivity (Wildman–Crippen MR) is 70.2 cm³/mol. The van der Waals surface area contributed by atoms with Crippen molar-refractivity contribution in [1.29, 1.82) is 0 Å². The molecular formula is C13H19N3O3. The van der Waals surface area contributed by atoms with E-state index in [0.717, 1.165) is 18.7 Å². The summed E-state index contributed by atoms with van der Waals surface area (Å²) in [5, 5.41) is 11.5. The van der Waals surface area contributed by atoms with Gasteiger partial charge < -0.3 is 15.2 Å². The van der Waals surface area contributed by atoms with Crippen LogP contribution in [0.4, 0.5) is 4.79 Å². The van der Waals surface area contributed by atoms with Gasteiger partial charge in [0.15, 0.2) is 0 Å². The lowest BCUT2D eigenvalue weighted by molar-refractivity contribution is 0.158. The topological polar surface area (TPSA) is 74.7 Å². The molecule has 19 heavy (non-hydrogen) atoms. The highest BCUT2D eigenvalue weighted by atomic mass is 16.5. The number of pyridine rings is 1. The number of carboxylic acid groups (broad SMARTS) is 1. The molecule has 0 saturated carbocycles. The number of amides is 1. The van der Waals surface area contributed by atoms with Gasteiger partial charge in [-0.15, -0.1) is 0 Å². The van der Waals surface area contributed by atoms with Crippen LogP contribution >= 0.6 is 0 Å². The Morgan fingerprint density at radius 2 is 2.26 bits per heavy atom. The summed E-state index contributed by atoms with van der Waals surface area (Å²) in [4.78, 5) is 17.1. The fraction of sp³-hybridized carbons (Fsp3) is 0.538. The van der Waals surface area contributed by atoms with E-state index in [9.17, 15) is 4.79 Å². The summed E-state index contributed by atoms with van der Waals surface area (Å²) in [6.45, 7) is 3.01. The van der Waals surface area contributed by atoms with Gasteiger partial charge in [-0.3, -0.25) is 9.88 Å². The number of nitrogens with one attached hydrogen (secondary N) is 1. The predicted octanol–water partition coefficient (Wildman–Crippen LogP) is 0.763. The minimum atomic E-state index is -0.974. The summed E-state index contributed by atoms with van der Waals surface area (Å²) >= 11 is 0. The molecule has 0 unspecified atom stereocenters. The second-order valence-electron chi connectivity index (χ2n) is 4.70. The third-order valence-corrected chi connectivity index (χ3v) is 3.45.